The summed E-state index contributed by atoms with van der Waals surface area (Å²) in [5.74, 6) is 1.62. The zero-order chi connectivity index (χ0) is 23.1. The summed E-state index contributed by atoms with van der Waals surface area (Å²) < 4.78 is 0. The van der Waals surface area contributed by atoms with E-state index >= 15 is 0 Å². The Morgan fingerprint density at radius 2 is 1.84 bits per heavy atom. The number of aromatic nitrogens is 3. The topological polar surface area (TPSA) is 88.1 Å². The maximum absolute atomic E-state index is 13.1. The Morgan fingerprint density at radius 1 is 1.12 bits per heavy atom. The smallest absolute Gasteiger partial charge is 0.257 e. The third-order valence-electron chi connectivity index (χ3n) is 6.34. The van der Waals surface area contributed by atoms with Gasteiger partial charge in [-0.1, -0.05) is 13.8 Å². The fraction of sp³-hybridized carbons (Fsp3) is 0.560. The third kappa shape index (κ3) is 5.69. The van der Waals surface area contributed by atoms with Crippen LogP contribution >= 0.6 is 0 Å². The second-order valence-corrected chi connectivity index (χ2v) is 8.83. The number of nitrogens with zero attached hydrogens (tertiary/aromatic N) is 4. The van der Waals surface area contributed by atoms with Crippen molar-refractivity contribution in [3.05, 3.63) is 53.4 Å². The highest BCUT2D eigenvalue weighted by atomic mass is 16.2. The molecule has 32 heavy (non-hydrogen) atoms. The first-order chi connectivity index (χ1) is 15.4. The second-order valence-electron chi connectivity index (χ2n) is 8.83. The second kappa shape index (κ2) is 11.2. The number of nitrogens with one attached hydrogen (secondary N) is 1. The molecule has 0 bridgehead atoms. The molecule has 0 atom stereocenters. The minimum Gasteiger partial charge on any atom is -0.352 e. The molecule has 0 unspecified atom stereocenters. The van der Waals surface area contributed by atoms with Crippen LogP contribution in [0.4, 0.5) is 0 Å². The van der Waals surface area contributed by atoms with Gasteiger partial charge in [-0.15, -0.1) is 0 Å². The monoisotopic (exact) mass is 437 g/mol. The maximum atomic E-state index is 13.1. The lowest BCUT2D eigenvalue weighted by atomic mass is 9.79. The lowest BCUT2D eigenvalue weighted by Gasteiger charge is -2.30. The van der Waals surface area contributed by atoms with E-state index in [0.29, 0.717) is 36.7 Å². The summed E-state index contributed by atoms with van der Waals surface area (Å²) in [5.41, 5.74) is 2.13. The molecule has 172 valence electrons. The average Bonchev–Trinajstić information content (AvgIpc) is 2.83. The van der Waals surface area contributed by atoms with Crippen LogP contribution in [-0.2, 0) is 0 Å². The Hall–Kier alpha value is -2.83. The van der Waals surface area contributed by atoms with E-state index in [1.54, 1.807) is 30.7 Å². The molecule has 1 saturated carbocycles. The SMILES string of the molecule is CCN(CC)C(=O)c1cnc(C(C)C)nc1C1CCC(CNC(=O)c2cccnc2)CC1. The largest absolute Gasteiger partial charge is 0.352 e. The van der Waals surface area contributed by atoms with Crippen molar-refractivity contribution in [3.63, 3.8) is 0 Å². The van der Waals surface area contributed by atoms with E-state index < -0.39 is 0 Å². The highest BCUT2D eigenvalue weighted by Crippen LogP contribution is 2.36. The van der Waals surface area contributed by atoms with Crippen molar-refractivity contribution in [2.75, 3.05) is 19.6 Å². The highest BCUT2D eigenvalue weighted by molar-refractivity contribution is 5.95. The highest BCUT2D eigenvalue weighted by Gasteiger charge is 2.29. The number of amides is 2. The van der Waals surface area contributed by atoms with Gasteiger partial charge < -0.3 is 10.2 Å². The van der Waals surface area contributed by atoms with E-state index in [-0.39, 0.29) is 23.7 Å². The number of pyridine rings is 1. The number of rotatable bonds is 8. The number of hydrogen-bond acceptors (Lipinski definition) is 5. The number of carbonyl (C=O) groups excluding carboxylic acids is 2. The van der Waals surface area contributed by atoms with Gasteiger partial charge in [-0.2, -0.15) is 0 Å². The molecule has 0 spiro atoms. The summed E-state index contributed by atoms with van der Waals surface area (Å²) in [7, 11) is 0. The van der Waals surface area contributed by atoms with Crippen molar-refractivity contribution in [1.29, 1.82) is 0 Å². The zero-order valence-electron chi connectivity index (χ0n) is 19.7. The van der Waals surface area contributed by atoms with Crippen LogP contribution < -0.4 is 5.32 Å². The molecule has 1 aliphatic rings. The van der Waals surface area contributed by atoms with Crippen LogP contribution in [-0.4, -0.2) is 51.3 Å². The quantitative estimate of drug-likeness (QED) is 0.669. The van der Waals surface area contributed by atoms with Crippen LogP contribution in [0.1, 0.15) is 97.4 Å². The Labute approximate surface area is 191 Å². The Kier molecular flexibility index (Phi) is 8.31. The molecule has 0 aliphatic heterocycles. The molecule has 7 nitrogen and oxygen atoms in total. The molecule has 3 rings (SSSR count). The fourth-order valence-electron chi connectivity index (χ4n) is 4.32. The van der Waals surface area contributed by atoms with Crippen LogP contribution in [0.5, 0.6) is 0 Å². The van der Waals surface area contributed by atoms with Crippen LogP contribution in [0.25, 0.3) is 0 Å². The Balaban J connectivity index is 1.67. The first-order valence-corrected chi connectivity index (χ1v) is 11.8. The van der Waals surface area contributed by atoms with Gasteiger partial charge in [0.15, 0.2) is 0 Å². The molecule has 1 aliphatic carbocycles. The minimum absolute atomic E-state index is 0.0196. The van der Waals surface area contributed by atoms with Gasteiger partial charge in [-0.25, -0.2) is 9.97 Å². The van der Waals surface area contributed by atoms with Gasteiger partial charge in [0.25, 0.3) is 11.8 Å². The molecule has 2 aromatic rings. The molecule has 2 heterocycles. The first kappa shape index (κ1) is 23.8. The molecule has 0 saturated heterocycles. The van der Waals surface area contributed by atoms with Gasteiger partial charge in [-0.05, 0) is 57.6 Å². The molecule has 1 fully saturated rings. The van der Waals surface area contributed by atoms with Gasteiger partial charge in [0.05, 0.1) is 16.8 Å². The number of carbonyl (C=O) groups is 2. The van der Waals surface area contributed by atoms with Crippen molar-refractivity contribution in [2.24, 2.45) is 5.92 Å². The fourth-order valence-corrected chi connectivity index (χ4v) is 4.32. The molecule has 2 aromatic heterocycles. The predicted octanol–water partition coefficient (Wildman–Crippen LogP) is 4.18. The Bertz CT molecular complexity index is 904. The van der Waals surface area contributed by atoms with E-state index in [1.807, 2.05) is 18.7 Å². The zero-order valence-corrected chi connectivity index (χ0v) is 19.7. The van der Waals surface area contributed by atoms with Gasteiger partial charge in [0.1, 0.15) is 5.82 Å². The summed E-state index contributed by atoms with van der Waals surface area (Å²) in [6.45, 7) is 10.1. The lowest BCUT2D eigenvalue weighted by Crippen LogP contribution is -2.33. The van der Waals surface area contributed by atoms with Crippen LogP contribution in [0, 0.1) is 5.92 Å². The van der Waals surface area contributed by atoms with E-state index in [0.717, 1.165) is 37.2 Å². The molecule has 2 amide bonds. The summed E-state index contributed by atoms with van der Waals surface area (Å²) in [6, 6.07) is 3.54. The van der Waals surface area contributed by atoms with Crippen molar-refractivity contribution >= 4 is 11.8 Å². The van der Waals surface area contributed by atoms with Crippen LogP contribution in [0.2, 0.25) is 0 Å². The average molecular weight is 438 g/mol. The third-order valence-corrected chi connectivity index (χ3v) is 6.34. The van der Waals surface area contributed by atoms with Crippen LogP contribution in [0.3, 0.4) is 0 Å². The Morgan fingerprint density at radius 3 is 2.44 bits per heavy atom. The van der Waals surface area contributed by atoms with Gasteiger partial charge >= 0.3 is 0 Å². The molecule has 0 aromatic carbocycles. The van der Waals surface area contributed by atoms with Crippen molar-refractivity contribution < 1.29 is 9.59 Å². The lowest BCUT2D eigenvalue weighted by molar-refractivity contribution is 0.0769. The molecule has 0 radical (unpaired) electrons. The molecule has 7 heteroatoms. The van der Waals surface area contributed by atoms with E-state index in [1.165, 1.54) is 0 Å². The predicted molar refractivity (Wildman–Crippen MR) is 125 cm³/mol. The van der Waals surface area contributed by atoms with Gasteiger partial charge in [0, 0.05) is 50.1 Å². The molecule has 1 N–H and O–H groups in total. The summed E-state index contributed by atoms with van der Waals surface area (Å²) in [5, 5.41) is 3.04. The van der Waals surface area contributed by atoms with Gasteiger partial charge in [-0.3, -0.25) is 14.6 Å². The summed E-state index contributed by atoms with van der Waals surface area (Å²) in [4.78, 5) is 40.6. The van der Waals surface area contributed by atoms with E-state index in [2.05, 4.69) is 29.1 Å². The summed E-state index contributed by atoms with van der Waals surface area (Å²) in [6.07, 6.45) is 8.90. The minimum atomic E-state index is -0.0790. The van der Waals surface area contributed by atoms with E-state index in [4.69, 9.17) is 4.98 Å². The van der Waals surface area contributed by atoms with Crippen molar-refractivity contribution in [3.8, 4) is 0 Å². The standard InChI is InChI=1S/C25H35N5O2/c1-5-30(6-2)25(32)21-16-27-23(17(3)4)29-22(21)19-11-9-18(10-12-19)14-28-24(31)20-8-7-13-26-15-20/h7-8,13,15-19H,5-6,9-12,14H2,1-4H3,(H,28,31). The first-order valence-electron chi connectivity index (χ1n) is 11.8. The van der Waals surface area contributed by atoms with E-state index in [9.17, 15) is 9.59 Å². The van der Waals surface area contributed by atoms with Crippen molar-refractivity contribution in [1.82, 2.24) is 25.2 Å². The molecular formula is C25H35N5O2. The van der Waals surface area contributed by atoms with Crippen molar-refractivity contribution in [2.45, 2.75) is 65.2 Å². The summed E-state index contributed by atoms with van der Waals surface area (Å²) >= 11 is 0. The maximum Gasteiger partial charge on any atom is 0.257 e. The normalized spacial score (nSPS) is 18.4. The van der Waals surface area contributed by atoms with Gasteiger partial charge in [0.2, 0.25) is 0 Å². The number of hydrogen-bond donors (Lipinski definition) is 1. The molecular weight excluding hydrogens is 402 g/mol. The van der Waals surface area contributed by atoms with Crippen LogP contribution in [0.15, 0.2) is 30.7 Å².